The zero-order valence-corrected chi connectivity index (χ0v) is 13.7. The van der Waals surface area contributed by atoms with Crippen LogP contribution in [0.3, 0.4) is 0 Å². The third kappa shape index (κ3) is 3.69. The highest BCUT2D eigenvalue weighted by Gasteiger charge is 2.18. The second-order valence-electron chi connectivity index (χ2n) is 4.98. The maximum absolute atomic E-state index is 13.7. The largest absolute Gasteiger partial charge is 0.313 e. The van der Waals surface area contributed by atoms with Crippen molar-refractivity contribution in [1.29, 1.82) is 0 Å². The van der Waals surface area contributed by atoms with E-state index in [1.807, 2.05) is 7.05 Å². The van der Waals surface area contributed by atoms with Gasteiger partial charge in [0, 0.05) is 6.04 Å². The maximum atomic E-state index is 13.7. The van der Waals surface area contributed by atoms with Gasteiger partial charge in [0.2, 0.25) is 0 Å². The zero-order valence-electron chi connectivity index (χ0n) is 12.1. The first-order valence-electron chi connectivity index (χ1n) is 6.95. The summed E-state index contributed by atoms with van der Waals surface area (Å²) in [5, 5.41) is 3.16. The van der Waals surface area contributed by atoms with E-state index >= 15 is 0 Å². The Morgan fingerprint density at radius 1 is 1.05 bits per heavy atom. The van der Waals surface area contributed by atoms with Gasteiger partial charge >= 0.3 is 0 Å². The molecule has 2 rings (SSSR count). The summed E-state index contributed by atoms with van der Waals surface area (Å²) in [5.74, 6) is -1.68. The van der Waals surface area contributed by atoms with E-state index < -0.39 is 11.6 Å². The quantitative estimate of drug-likeness (QED) is 0.761. The van der Waals surface area contributed by atoms with Gasteiger partial charge in [-0.05, 0) is 58.6 Å². The van der Waals surface area contributed by atoms with Crippen LogP contribution in [0, 0.1) is 11.6 Å². The summed E-state index contributed by atoms with van der Waals surface area (Å²) in [6, 6.07) is 11.1. The number of likely N-dealkylation sites (N-methyl/N-ethyl adjacent to an activating group) is 1. The van der Waals surface area contributed by atoms with E-state index in [0.717, 1.165) is 17.5 Å². The lowest BCUT2D eigenvalue weighted by Crippen LogP contribution is -2.20. The molecule has 0 saturated carbocycles. The molecule has 0 amide bonds. The van der Waals surface area contributed by atoms with Crippen LogP contribution in [0.5, 0.6) is 0 Å². The first kappa shape index (κ1) is 16.1. The smallest absolute Gasteiger partial charge is 0.173 e. The van der Waals surface area contributed by atoms with E-state index in [4.69, 9.17) is 0 Å². The number of aryl methyl sites for hydroxylation is 1. The highest BCUT2D eigenvalue weighted by molar-refractivity contribution is 9.10. The molecule has 2 aromatic carbocycles. The number of hydrogen-bond donors (Lipinski definition) is 1. The van der Waals surface area contributed by atoms with E-state index in [9.17, 15) is 8.78 Å². The van der Waals surface area contributed by atoms with Crippen LogP contribution >= 0.6 is 15.9 Å². The van der Waals surface area contributed by atoms with E-state index in [-0.39, 0.29) is 10.5 Å². The molecule has 1 N–H and O–H groups in total. The summed E-state index contributed by atoms with van der Waals surface area (Å²) in [7, 11) is 1.82. The molecule has 21 heavy (non-hydrogen) atoms. The van der Waals surface area contributed by atoms with E-state index in [0.29, 0.717) is 6.42 Å². The van der Waals surface area contributed by atoms with Gasteiger partial charge in [-0.3, -0.25) is 0 Å². The summed E-state index contributed by atoms with van der Waals surface area (Å²) in [6.45, 7) is 2.11. The summed E-state index contributed by atoms with van der Waals surface area (Å²) >= 11 is 3.15. The number of nitrogens with one attached hydrogen (secondary N) is 1. The van der Waals surface area contributed by atoms with Crippen LogP contribution < -0.4 is 5.32 Å². The lowest BCUT2D eigenvalue weighted by molar-refractivity contribution is 0.495. The SMILES string of the molecule is CCc1ccc(CC(NC)c2ccc(F)c(F)c2Br)cc1. The van der Waals surface area contributed by atoms with Gasteiger partial charge in [0.1, 0.15) is 0 Å². The molecule has 0 aliphatic heterocycles. The molecule has 1 nitrogen and oxygen atoms in total. The summed E-state index contributed by atoms with van der Waals surface area (Å²) in [5.41, 5.74) is 3.16. The molecule has 1 unspecified atom stereocenters. The van der Waals surface area contributed by atoms with Crippen LogP contribution in [0.4, 0.5) is 8.78 Å². The molecule has 112 valence electrons. The third-order valence-corrected chi connectivity index (χ3v) is 4.47. The molecular weight excluding hydrogens is 336 g/mol. The van der Waals surface area contributed by atoms with Gasteiger partial charge in [-0.25, -0.2) is 8.78 Å². The Kier molecular flexibility index (Phi) is 5.48. The van der Waals surface area contributed by atoms with E-state index in [1.165, 1.54) is 11.6 Å². The molecule has 0 spiro atoms. The standard InChI is InChI=1S/C17H18BrF2N/c1-3-11-4-6-12(7-5-11)10-15(21-2)13-8-9-14(19)17(20)16(13)18/h4-9,15,21H,3,10H2,1-2H3. The third-order valence-electron chi connectivity index (χ3n) is 3.66. The molecule has 4 heteroatoms. The Labute approximate surface area is 132 Å². The minimum absolute atomic E-state index is 0.0815. The minimum atomic E-state index is -0.840. The summed E-state index contributed by atoms with van der Waals surface area (Å²) in [4.78, 5) is 0. The molecular formula is C17H18BrF2N. The molecule has 0 radical (unpaired) electrons. The van der Waals surface area contributed by atoms with Crippen LogP contribution in [0.2, 0.25) is 0 Å². The van der Waals surface area contributed by atoms with Crippen molar-refractivity contribution < 1.29 is 8.78 Å². The minimum Gasteiger partial charge on any atom is -0.313 e. The van der Waals surface area contributed by atoms with Gasteiger partial charge in [-0.1, -0.05) is 37.3 Å². The van der Waals surface area contributed by atoms with Crippen LogP contribution in [0.25, 0.3) is 0 Å². The van der Waals surface area contributed by atoms with Crippen molar-refractivity contribution in [2.75, 3.05) is 7.05 Å². The van der Waals surface area contributed by atoms with Crippen molar-refractivity contribution in [3.8, 4) is 0 Å². The van der Waals surface area contributed by atoms with Crippen LogP contribution in [0.1, 0.15) is 29.7 Å². The molecule has 1 atom stereocenters. The predicted octanol–water partition coefficient (Wildman–Crippen LogP) is 4.79. The van der Waals surface area contributed by atoms with Gasteiger partial charge in [-0.15, -0.1) is 0 Å². The lowest BCUT2D eigenvalue weighted by Gasteiger charge is -2.19. The van der Waals surface area contributed by atoms with Gasteiger partial charge in [0.15, 0.2) is 11.6 Å². The monoisotopic (exact) mass is 353 g/mol. The van der Waals surface area contributed by atoms with Crippen LogP contribution in [0.15, 0.2) is 40.9 Å². The molecule has 0 fully saturated rings. The van der Waals surface area contributed by atoms with Crippen molar-refractivity contribution >= 4 is 15.9 Å². The fourth-order valence-electron chi connectivity index (χ4n) is 2.32. The highest BCUT2D eigenvalue weighted by Crippen LogP contribution is 2.29. The van der Waals surface area contributed by atoms with E-state index in [1.54, 1.807) is 6.07 Å². The second kappa shape index (κ2) is 7.14. The number of hydrogen-bond acceptors (Lipinski definition) is 1. The lowest BCUT2D eigenvalue weighted by atomic mass is 9.98. The Balaban J connectivity index is 2.25. The molecule has 0 bridgehead atoms. The topological polar surface area (TPSA) is 12.0 Å². The molecule has 0 aliphatic rings. The van der Waals surface area contributed by atoms with E-state index in [2.05, 4.69) is 52.4 Å². The molecule has 0 saturated heterocycles. The number of halogens is 3. The summed E-state index contributed by atoms with van der Waals surface area (Å²) < 4.78 is 27.1. The molecule has 0 aromatic heterocycles. The van der Waals surface area contributed by atoms with Crippen molar-refractivity contribution in [1.82, 2.24) is 5.32 Å². The van der Waals surface area contributed by atoms with Crippen molar-refractivity contribution in [2.24, 2.45) is 0 Å². The van der Waals surface area contributed by atoms with Gasteiger partial charge < -0.3 is 5.32 Å². The fraction of sp³-hybridized carbons (Fsp3) is 0.294. The Bertz CT molecular complexity index is 611. The molecule has 0 aliphatic carbocycles. The van der Waals surface area contributed by atoms with Crippen molar-refractivity contribution in [2.45, 2.75) is 25.8 Å². The Morgan fingerprint density at radius 2 is 1.67 bits per heavy atom. The zero-order chi connectivity index (χ0) is 15.4. The first-order chi connectivity index (χ1) is 10.1. The van der Waals surface area contributed by atoms with Crippen molar-refractivity contribution in [3.63, 3.8) is 0 Å². The van der Waals surface area contributed by atoms with Crippen LogP contribution in [-0.2, 0) is 12.8 Å². The fourth-order valence-corrected chi connectivity index (χ4v) is 2.92. The average Bonchev–Trinajstić information content (AvgIpc) is 2.51. The molecule has 2 aromatic rings. The van der Waals surface area contributed by atoms with Gasteiger partial charge in [0.05, 0.1) is 4.47 Å². The highest BCUT2D eigenvalue weighted by atomic mass is 79.9. The Morgan fingerprint density at radius 3 is 2.24 bits per heavy atom. The van der Waals surface area contributed by atoms with Gasteiger partial charge in [0.25, 0.3) is 0 Å². The second-order valence-corrected chi connectivity index (χ2v) is 5.77. The first-order valence-corrected chi connectivity index (χ1v) is 7.74. The van der Waals surface area contributed by atoms with Crippen molar-refractivity contribution in [3.05, 3.63) is 69.2 Å². The van der Waals surface area contributed by atoms with Gasteiger partial charge in [-0.2, -0.15) is 0 Å². The molecule has 0 heterocycles. The average molecular weight is 354 g/mol. The Hall–Kier alpha value is -1.26. The van der Waals surface area contributed by atoms with Crippen LogP contribution in [-0.4, -0.2) is 7.05 Å². The maximum Gasteiger partial charge on any atom is 0.173 e. The number of rotatable bonds is 5. The normalized spacial score (nSPS) is 12.4. The predicted molar refractivity (Wildman–Crippen MR) is 85.4 cm³/mol. The summed E-state index contributed by atoms with van der Waals surface area (Å²) in [6.07, 6.45) is 1.72. The number of benzene rings is 2.